The normalized spacial score (nSPS) is 15.8. The van der Waals surface area contributed by atoms with Crippen molar-refractivity contribution in [1.29, 1.82) is 0 Å². The van der Waals surface area contributed by atoms with E-state index in [0.29, 0.717) is 22.3 Å². The van der Waals surface area contributed by atoms with Crippen LogP contribution in [0.25, 0.3) is 0 Å². The van der Waals surface area contributed by atoms with Crippen LogP contribution in [-0.4, -0.2) is 58.2 Å². The first-order valence-corrected chi connectivity index (χ1v) is 13.9. The minimum Gasteiger partial charge on any atom is -0.342 e. The highest BCUT2D eigenvalue weighted by atomic mass is 32.1. The van der Waals surface area contributed by atoms with Crippen molar-refractivity contribution in [2.24, 2.45) is 5.92 Å². The lowest BCUT2D eigenvalue weighted by Gasteiger charge is -2.32. The van der Waals surface area contributed by atoms with Crippen molar-refractivity contribution in [2.45, 2.75) is 44.6 Å². The molecule has 2 heterocycles. The maximum atomic E-state index is 13.2. The van der Waals surface area contributed by atoms with Gasteiger partial charge in [-0.15, -0.1) is 11.3 Å². The zero-order valence-corrected chi connectivity index (χ0v) is 22.0. The van der Waals surface area contributed by atoms with Crippen molar-refractivity contribution in [3.63, 3.8) is 0 Å². The second-order valence-corrected chi connectivity index (χ2v) is 10.9. The molecule has 198 valence electrons. The lowest BCUT2D eigenvalue weighted by atomic mass is 9.90. The molecule has 0 atom stereocenters. The lowest BCUT2D eigenvalue weighted by molar-refractivity contribution is -0.131. The van der Waals surface area contributed by atoms with Gasteiger partial charge in [-0.05, 0) is 67.9 Å². The fraction of sp³-hybridized carbons (Fsp3) is 0.379. The number of carbonyl (C=O) groups is 3. The number of carbonyl (C=O) groups excluding carboxylic acids is 3. The van der Waals surface area contributed by atoms with E-state index >= 15 is 0 Å². The molecule has 2 fully saturated rings. The Bertz CT molecular complexity index is 1270. The summed E-state index contributed by atoms with van der Waals surface area (Å²) in [7, 11) is 0. The Morgan fingerprint density at radius 2 is 1.71 bits per heavy atom. The Hall–Kier alpha value is -3.59. The molecule has 0 radical (unpaired) electrons. The van der Waals surface area contributed by atoms with E-state index in [1.54, 1.807) is 5.38 Å². The number of likely N-dealkylation sites (tertiary alicyclic amines) is 1. The van der Waals surface area contributed by atoms with Gasteiger partial charge in [-0.3, -0.25) is 14.4 Å². The predicted octanol–water partition coefficient (Wildman–Crippen LogP) is 4.55. The Balaban J connectivity index is 1.09. The molecular weight excluding hydrogens is 503 g/mol. The van der Waals surface area contributed by atoms with Gasteiger partial charge >= 0.3 is 0 Å². The molecule has 5 rings (SSSR count). The molecule has 7 nitrogen and oxygen atoms in total. The predicted molar refractivity (Wildman–Crippen MR) is 144 cm³/mol. The zero-order chi connectivity index (χ0) is 26.5. The fourth-order valence-corrected chi connectivity index (χ4v) is 5.60. The van der Waals surface area contributed by atoms with Crippen LogP contribution in [0.15, 0.2) is 60.0 Å². The van der Waals surface area contributed by atoms with Crippen LogP contribution < -0.4 is 5.32 Å². The molecule has 2 aliphatic rings. The minimum atomic E-state index is -0.414. The number of rotatable bonds is 9. The van der Waals surface area contributed by atoms with Crippen molar-refractivity contribution in [3.05, 3.63) is 82.6 Å². The fourth-order valence-electron chi connectivity index (χ4n) is 4.87. The first-order valence-electron chi connectivity index (χ1n) is 13.1. The van der Waals surface area contributed by atoms with Crippen LogP contribution in [0.1, 0.15) is 47.3 Å². The zero-order valence-electron chi connectivity index (χ0n) is 21.1. The Labute approximate surface area is 225 Å². The molecule has 1 aliphatic carbocycles. The Kier molecular flexibility index (Phi) is 8.12. The molecule has 1 aliphatic heterocycles. The number of piperidine rings is 1. The van der Waals surface area contributed by atoms with E-state index in [0.717, 1.165) is 45.2 Å². The van der Waals surface area contributed by atoms with Crippen molar-refractivity contribution in [2.75, 3.05) is 25.0 Å². The summed E-state index contributed by atoms with van der Waals surface area (Å²) in [5, 5.41) is 4.96. The molecule has 2 aromatic carbocycles. The summed E-state index contributed by atoms with van der Waals surface area (Å²) < 4.78 is 13.2. The van der Waals surface area contributed by atoms with E-state index < -0.39 is 5.82 Å². The summed E-state index contributed by atoms with van der Waals surface area (Å²) in [6.45, 7) is 1.40. The molecular formula is C29H31FN4O3S. The SMILES string of the molecule is O=C(CN(C(=O)c1ccc(F)cc1)C1CC1)Nc1nc(CC(=O)N2CCC(Cc3ccccc3)CC2)cs1. The van der Waals surface area contributed by atoms with Gasteiger partial charge in [0.25, 0.3) is 5.91 Å². The van der Waals surface area contributed by atoms with E-state index in [-0.39, 0.29) is 36.7 Å². The summed E-state index contributed by atoms with van der Waals surface area (Å²) in [6, 6.07) is 15.8. The topological polar surface area (TPSA) is 82.6 Å². The van der Waals surface area contributed by atoms with Crippen molar-refractivity contribution < 1.29 is 18.8 Å². The second-order valence-electron chi connectivity index (χ2n) is 10.1. The Morgan fingerprint density at radius 1 is 1.00 bits per heavy atom. The van der Waals surface area contributed by atoms with E-state index in [4.69, 9.17) is 0 Å². The standard InChI is InChI=1S/C29H31FN4O3S/c30-23-8-6-22(7-9-23)28(37)34(25-10-11-25)18-26(35)32-29-31-24(19-38-29)17-27(36)33-14-12-21(13-15-33)16-20-4-2-1-3-5-20/h1-9,19,21,25H,10-18H2,(H,31,32,35). The molecule has 0 spiro atoms. The van der Waals surface area contributed by atoms with Crippen molar-refractivity contribution in [1.82, 2.24) is 14.8 Å². The average Bonchev–Trinajstić information content (AvgIpc) is 3.68. The number of halogens is 1. The van der Waals surface area contributed by atoms with Gasteiger partial charge in [-0.2, -0.15) is 0 Å². The highest BCUT2D eigenvalue weighted by Crippen LogP contribution is 2.28. The van der Waals surface area contributed by atoms with Crippen LogP contribution in [0.2, 0.25) is 0 Å². The molecule has 38 heavy (non-hydrogen) atoms. The summed E-state index contributed by atoms with van der Waals surface area (Å²) in [6.07, 6.45) is 4.92. The average molecular weight is 535 g/mol. The summed E-state index contributed by atoms with van der Waals surface area (Å²) in [4.78, 5) is 46.3. The number of hydrogen-bond donors (Lipinski definition) is 1. The van der Waals surface area contributed by atoms with Gasteiger partial charge in [-0.1, -0.05) is 30.3 Å². The van der Waals surface area contributed by atoms with Crippen molar-refractivity contribution in [3.8, 4) is 0 Å². The van der Waals surface area contributed by atoms with Gasteiger partial charge in [0, 0.05) is 30.1 Å². The molecule has 1 N–H and O–H groups in total. The van der Waals surface area contributed by atoms with Gasteiger partial charge in [0.2, 0.25) is 11.8 Å². The third-order valence-corrected chi connectivity index (χ3v) is 7.93. The van der Waals surface area contributed by atoms with Gasteiger partial charge in [-0.25, -0.2) is 9.37 Å². The molecule has 3 aromatic rings. The highest BCUT2D eigenvalue weighted by molar-refractivity contribution is 7.13. The molecule has 1 saturated carbocycles. The van der Waals surface area contributed by atoms with Gasteiger partial charge in [0.05, 0.1) is 12.1 Å². The monoisotopic (exact) mass is 534 g/mol. The molecule has 9 heteroatoms. The first kappa shape index (κ1) is 26.0. The quantitative estimate of drug-likeness (QED) is 0.437. The number of anilines is 1. The number of amides is 3. The number of nitrogens with one attached hydrogen (secondary N) is 1. The molecule has 1 saturated heterocycles. The molecule has 3 amide bonds. The minimum absolute atomic E-state index is 0.0135. The van der Waals surface area contributed by atoms with Crippen LogP contribution in [0, 0.1) is 11.7 Å². The van der Waals surface area contributed by atoms with Crippen LogP contribution in [-0.2, 0) is 22.4 Å². The van der Waals surface area contributed by atoms with Gasteiger partial charge in [0.1, 0.15) is 12.4 Å². The third-order valence-electron chi connectivity index (χ3n) is 7.12. The van der Waals surface area contributed by atoms with E-state index in [1.165, 1.54) is 46.1 Å². The lowest BCUT2D eigenvalue weighted by Crippen LogP contribution is -2.40. The van der Waals surface area contributed by atoms with Crippen LogP contribution >= 0.6 is 11.3 Å². The largest absolute Gasteiger partial charge is 0.342 e. The molecule has 0 bridgehead atoms. The van der Waals surface area contributed by atoms with Crippen LogP contribution in [0.3, 0.4) is 0 Å². The Morgan fingerprint density at radius 3 is 2.39 bits per heavy atom. The smallest absolute Gasteiger partial charge is 0.254 e. The second kappa shape index (κ2) is 11.9. The maximum absolute atomic E-state index is 13.2. The van der Waals surface area contributed by atoms with Gasteiger partial charge in [0.15, 0.2) is 5.13 Å². The number of hydrogen-bond acceptors (Lipinski definition) is 5. The number of aromatic nitrogens is 1. The number of nitrogens with zero attached hydrogens (tertiary/aromatic N) is 3. The number of thiazole rings is 1. The van der Waals surface area contributed by atoms with Crippen molar-refractivity contribution >= 4 is 34.2 Å². The summed E-state index contributed by atoms with van der Waals surface area (Å²) in [5.74, 6) is -0.410. The van der Waals surface area contributed by atoms with E-state index in [2.05, 4.69) is 34.6 Å². The van der Waals surface area contributed by atoms with Crippen LogP contribution in [0.5, 0.6) is 0 Å². The molecule has 1 aromatic heterocycles. The van der Waals surface area contributed by atoms with E-state index in [9.17, 15) is 18.8 Å². The third kappa shape index (κ3) is 6.83. The van der Waals surface area contributed by atoms with E-state index in [1.807, 2.05) is 11.0 Å². The van der Waals surface area contributed by atoms with Gasteiger partial charge < -0.3 is 15.1 Å². The number of benzene rings is 2. The summed E-state index contributed by atoms with van der Waals surface area (Å²) >= 11 is 1.27. The first-order chi connectivity index (χ1) is 18.4. The highest BCUT2D eigenvalue weighted by Gasteiger charge is 2.34. The summed E-state index contributed by atoms with van der Waals surface area (Å²) in [5.41, 5.74) is 2.32. The van der Waals surface area contributed by atoms with Crippen LogP contribution in [0.4, 0.5) is 9.52 Å². The molecule has 0 unspecified atom stereocenters. The maximum Gasteiger partial charge on any atom is 0.254 e.